The summed E-state index contributed by atoms with van der Waals surface area (Å²) in [6.45, 7) is 0. The van der Waals surface area contributed by atoms with Crippen LogP contribution in [-0.4, -0.2) is 21.3 Å². The Morgan fingerprint density at radius 2 is 1.92 bits per heavy atom. The second-order valence-electron chi connectivity index (χ2n) is 4.92. The van der Waals surface area contributed by atoms with Gasteiger partial charge in [-0.1, -0.05) is 36.1 Å². The maximum Gasteiger partial charge on any atom is 0.335 e. The van der Waals surface area contributed by atoms with Gasteiger partial charge in [0.1, 0.15) is 5.82 Å². The summed E-state index contributed by atoms with van der Waals surface area (Å²) in [6, 6.07) is 11.8. The summed E-state index contributed by atoms with van der Waals surface area (Å²) < 4.78 is 13.6. The van der Waals surface area contributed by atoms with Gasteiger partial charge < -0.3 is 5.11 Å². The van der Waals surface area contributed by atoms with E-state index in [1.165, 1.54) is 41.3 Å². The molecule has 1 N–H and O–H groups in total. The highest BCUT2D eigenvalue weighted by Gasteiger charge is 2.33. The highest BCUT2D eigenvalue weighted by molar-refractivity contribution is 8.27. The molecular weight excluding hydrogens is 349 g/mol. The molecule has 0 aliphatic carbocycles. The number of halogens is 1. The van der Waals surface area contributed by atoms with Gasteiger partial charge in [-0.3, -0.25) is 9.69 Å². The van der Waals surface area contributed by atoms with Crippen LogP contribution in [0, 0.1) is 5.82 Å². The highest BCUT2D eigenvalue weighted by Crippen LogP contribution is 2.36. The van der Waals surface area contributed by atoms with Crippen molar-refractivity contribution in [2.75, 3.05) is 4.90 Å². The first-order valence-electron chi connectivity index (χ1n) is 6.82. The van der Waals surface area contributed by atoms with Crippen LogP contribution < -0.4 is 4.90 Å². The molecule has 0 spiro atoms. The number of amides is 1. The van der Waals surface area contributed by atoms with E-state index in [4.69, 9.17) is 17.3 Å². The van der Waals surface area contributed by atoms with Gasteiger partial charge in [0.2, 0.25) is 0 Å². The van der Waals surface area contributed by atoms with Gasteiger partial charge in [0.25, 0.3) is 5.91 Å². The number of hydrogen-bond donors (Lipinski definition) is 1. The lowest BCUT2D eigenvalue weighted by Gasteiger charge is -2.14. The smallest absolute Gasteiger partial charge is 0.335 e. The number of aromatic carboxylic acids is 1. The van der Waals surface area contributed by atoms with E-state index in [1.54, 1.807) is 18.2 Å². The van der Waals surface area contributed by atoms with Crippen molar-refractivity contribution >= 4 is 51.9 Å². The van der Waals surface area contributed by atoms with Crippen molar-refractivity contribution in [3.8, 4) is 0 Å². The minimum Gasteiger partial charge on any atom is -0.478 e. The Hall–Kier alpha value is -2.51. The number of thiocarbonyl (C=S) groups is 1. The van der Waals surface area contributed by atoms with Crippen molar-refractivity contribution in [3.63, 3.8) is 0 Å². The number of benzene rings is 2. The fraction of sp³-hybridized carbons (Fsp3) is 0. The van der Waals surface area contributed by atoms with Crippen LogP contribution in [0.25, 0.3) is 6.08 Å². The number of carbonyl (C=O) groups is 2. The van der Waals surface area contributed by atoms with E-state index in [2.05, 4.69) is 0 Å². The van der Waals surface area contributed by atoms with Crippen LogP contribution in [0.15, 0.2) is 53.4 Å². The molecule has 1 amide bonds. The molecule has 0 aromatic heterocycles. The van der Waals surface area contributed by atoms with Crippen LogP contribution >= 0.6 is 24.0 Å². The average Bonchev–Trinajstić information content (AvgIpc) is 2.81. The van der Waals surface area contributed by atoms with Crippen molar-refractivity contribution in [3.05, 3.63) is 70.4 Å². The second-order valence-corrected chi connectivity index (χ2v) is 6.60. The maximum absolute atomic E-state index is 13.3. The lowest BCUT2D eigenvalue weighted by Crippen LogP contribution is -2.27. The SMILES string of the molecule is O=C(O)c1ccc(N2C(=O)/C(=C\c3cccc(F)c3)SC2=S)cc1. The first kappa shape index (κ1) is 16.4. The normalized spacial score (nSPS) is 16.0. The Bertz CT molecular complexity index is 878. The van der Waals surface area contributed by atoms with E-state index >= 15 is 0 Å². The number of anilines is 1. The molecule has 1 saturated heterocycles. The minimum atomic E-state index is -1.04. The number of thioether (sulfide) groups is 1. The molecule has 7 heteroatoms. The summed E-state index contributed by atoms with van der Waals surface area (Å²) in [5.74, 6) is -1.75. The molecule has 0 bridgehead atoms. The third-order valence-corrected chi connectivity index (χ3v) is 4.61. The summed E-state index contributed by atoms with van der Waals surface area (Å²) in [5.41, 5.74) is 1.18. The van der Waals surface area contributed by atoms with Gasteiger partial charge in [0.05, 0.1) is 16.2 Å². The van der Waals surface area contributed by atoms with Crippen LogP contribution in [0.1, 0.15) is 15.9 Å². The quantitative estimate of drug-likeness (QED) is 0.665. The molecule has 4 nitrogen and oxygen atoms in total. The average molecular weight is 359 g/mol. The number of carboxylic acids is 1. The summed E-state index contributed by atoms with van der Waals surface area (Å²) in [6.07, 6.45) is 1.58. The molecule has 1 fully saturated rings. The van der Waals surface area contributed by atoms with Crippen LogP contribution in [0.3, 0.4) is 0 Å². The van der Waals surface area contributed by atoms with Crippen molar-refractivity contribution in [2.45, 2.75) is 0 Å². The Labute approximate surface area is 146 Å². The zero-order chi connectivity index (χ0) is 17.3. The molecule has 3 rings (SSSR count). The topological polar surface area (TPSA) is 57.6 Å². The summed E-state index contributed by atoms with van der Waals surface area (Å²) in [5, 5.41) is 8.92. The van der Waals surface area contributed by atoms with Crippen molar-refractivity contribution in [2.24, 2.45) is 0 Å². The molecule has 0 unspecified atom stereocenters. The third-order valence-electron chi connectivity index (χ3n) is 3.31. The molecule has 0 atom stereocenters. The van der Waals surface area contributed by atoms with E-state index in [0.29, 0.717) is 20.5 Å². The Balaban J connectivity index is 1.90. The summed E-state index contributed by atoms with van der Waals surface area (Å²) in [4.78, 5) is 25.2. The van der Waals surface area contributed by atoms with Crippen LogP contribution in [0.5, 0.6) is 0 Å². The first-order chi connectivity index (χ1) is 11.5. The molecule has 120 valence electrons. The Morgan fingerprint density at radius 3 is 2.54 bits per heavy atom. The van der Waals surface area contributed by atoms with Crippen LogP contribution in [0.4, 0.5) is 10.1 Å². The summed E-state index contributed by atoms with van der Waals surface area (Å²) >= 11 is 6.36. The minimum absolute atomic E-state index is 0.125. The number of nitrogens with zero attached hydrogens (tertiary/aromatic N) is 1. The Kier molecular flexibility index (Phi) is 4.46. The molecule has 1 heterocycles. The van der Waals surface area contributed by atoms with E-state index in [9.17, 15) is 14.0 Å². The molecule has 1 aliphatic rings. The molecule has 2 aromatic rings. The largest absolute Gasteiger partial charge is 0.478 e. The third kappa shape index (κ3) is 3.22. The molecule has 0 saturated carbocycles. The predicted molar refractivity (Wildman–Crippen MR) is 95.5 cm³/mol. The molecular formula is C17H10FNO3S2. The van der Waals surface area contributed by atoms with E-state index in [0.717, 1.165) is 11.8 Å². The maximum atomic E-state index is 13.3. The van der Waals surface area contributed by atoms with E-state index < -0.39 is 5.97 Å². The summed E-state index contributed by atoms with van der Waals surface area (Å²) in [7, 11) is 0. The lowest BCUT2D eigenvalue weighted by atomic mass is 10.2. The van der Waals surface area contributed by atoms with Crippen molar-refractivity contribution in [1.29, 1.82) is 0 Å². The van der Waals surface area contributed by atoms with Gasteiger partial charge in [-0.05, 0) is 48.0 Å². The molecule has 24 heavy (non-hydrogen) atoms. The zero-order valence-electron chi connectivity index (χ0n) is 12.1. The first-order valence-corrected chi connectivity index (χ1v) is 8.05. The molecule has 1 aliphatic heterocycles. The predicted octanol–water partition coefficient (Wildman–Crippen LogP) is 3.93. The fourth-order valence-electron chi connectivity index (χ4n) is 2.19. The standard InChI is InChI=1S/C17H10FNO3S2/c18-12-3-1-2-10(8-12)9-14-15(20)19(17(23)24-14)13-6-4-11(5-7-13)16(21)22/h1-9H,(H,21,22)/b14-9+. The van der Waals surface area contributed by atoms with Crippen LogP contribution in [-0.2, 0) is 4.79 Å². The van der Waals surface area contributed by atoms with Gasteiger partial charge in [0.15, 0.2) is 4.32 Å². The fourth-order valence-corrected chi connectivity index (χ4v) is 3.49. The monoisotopic (exact) mass is 359 g/mol. The number of carboxylic acid groups (broad SMARTS) is 1. The van der Waals surface area contributed by atoms with Crippen LogP contribution in [0.2, 0.25) is 0 Å². The van der Waals surface area contributed by atoms with E-state index in [1.807, 2.05) is 0 Å². The van der Waals surface area contributed by atoms with E-state index in [-0.39, 0.29) is 17.3 Å². The Morgan fingerprint density at radius 1 is 1.21 bits per heavy atom. The lowest BCUT2D eigenvalue weighted by molar-refractivity contribution is -0.113. The van der Waals surface area contributed by atoms with Gasteiger partial charge in [0, 0.05) is 0 Å². The molecule has 2 aromatic carbocycles. The van der Waals surface area contributed by atoms with Gasteiger partial charge in [-0.25, -0.2) is 9.18 Å². The number of hydrogen-bond acceptors (Lipinski definition) is 4. The zero-order valence-corrected chi connectivity index (χ0v) is 13.7. The number of rotatable bonds is 3. The van der Waals surface area contributed by atoms with Crippen molar-refractivity contribution < 1.29 is 19.1 Å². The number of carbonyl (C=O) groups excluding carboxylic acids is 1. The van der Waals surface area contributed by atoms with Gasteiger partial charge in [-0.2, -0.15) is 0 Å². The second kappa shape index (κ2) is 6.54. The highest BCUT2D eigenvalue weighted by atomic mass is 32.2. The molecule has 0 radical (unpaired) electrons. The van der Waals surface area contributed by atoms with Gasteiger partial charge in [-0.15, -0.1) is 0 Å². The van der Waals surface area contributed by atoms with Crippen molar-refractivity contribution in [1.82, 2.24) is 0 Å². The van der Waals surface area contributed by atoms with Gasteiger partial charge >= 0.3 is 5.97 Å².